The molecule has 0 saturated carbocycles. The van der Waals surface area contributed by atoms with Gasteiger partial charge in [-0.2, -0.15) is 0 Å². The number of aromatic nitrogens is 1. The fourth-order valence-electron chi connectivity index (χ4n) is 1.51. The predicted octanol–water partition coefficient (Wildman–Crippen LogP) is 2.51. The van der Waals surface area contributed by atoms with Crippen LogP contribution in [0.2, 0.25) is 0 Å². The highest BCUT2D eigenvalue weighted by atomic mass is 16.5. The number of urea groups is 1. The lowest BCUT2D eigenvalue weighted by Crippen LogP contribution is -2.20. The molecule has 0 bridgehead atoms. The number of hydrogen-bond donors (Lipinski definition) is 2. The molecule has 1 aromatic heterocycles. The number of amides is 2. The number of para-hydroxylation sites is 1. The molecule has 6 heteroatoms. The number of nitrogens with zero attached hydrogens (tertiary/aromatic N) is 1. The molecule has 2 aromatic rings. The van der Waals surface area contributed by atoms with Crippen LogP contribution in [0.5, 0.6) is 0 Å². The molecule has 0 fully saturated rings. The van der Waals surface area contributed by atoms with Gasteiger partial charge in [0.1, 0.15) is 5.82 Å². The average Bonchev–Trinajstić information content (AvgIpc) is 2.48. The molecule has 0 spiro atoms. The number of carbonyl (C=O) groups is 2. The van der Waals surface area contributed by atoms with Gasteiger partial charge >= 0.3 is 12.0 Å². The van der Waals surface area contributed by atoms with E-state index in [-0.39, 0.29) is 0 Å². The minimum absolute atomic E-state index is 0.321. The lowest BCUT2D eigenvalue weighted by molar-refractivity contribution is 0.0600. The van der Waals surface area contributed by atoms with Gasteiger partial charge in [0.05, 0.1) is 12.7 Å². The molecule has 6 nitrogen and oxygen atoms in total. The van der Waals surface area contributed by atoms with Gasteiger partial charge in [-0.3, -0.25) is 5.32 Å². The summed E-state index contributed by atoms with van der Waals surface area (Å²) < 4.78 is 4.56. The van der Waals surface area contributed by atoms with Crippen LogP contribution in [-0.2, 0) is 4.74 Å². The van der Waals surface area contributed by atoms with Crippen LogP contribution in [0.25, 0.3) is 0 Å². The van der Waals surface area contributed by atoms with E-state index in [9.17, 15) is 9.59 Å². The average molecular weight is 271 g/mol. The van der Waals surface area contributed by atoms with Crippen molar-refractivity contribution in [2.24, 2.45) is 0 Å². The van der Waals surface area contributed by atoms with Crippen LogP contribution in [0.4, 0.5) is 16.3 Å². The molecule has 2 rings (SSSR count). The van der Waals surface area contributed by atoms with Crippen molar-refractivity contribution in [3.05, 3.63) is 54.2 Å². The number of hydrogen-bond acceptors (Lipinski definition) is 4. The third-order valence-electron chi connectivity index (χ3n) is 2.46. The molecular formula is C14H13N3O3. The van der Waals surface area contributed by atoms with E-state index in [1.54, 1.807) is 12.1 Å². The van der Waals surface area contributed by atoms with Gasteiger partial charge in [-0.15, -0.1) is 0 Å². The predicted molar refractivity (Wildman–Crippen MR) is 74.7 cm³/mol. The van der Waals surface area contributed by atoms with Gasteiger partial charge in [-0.1, -0.05) is 18.2 Å². The van der Waals surface area contributed by atoms with Crippen LogP contribution in [0.3, 0.4) is 0 Å². The van der Waals surface area contributed by atoms with Gasteiger partial charge in [0.25, 0.3) is 0 Å². The summed E-state index contributed by atoms with van der Waals surface area (Å²) in [6.07, 6.45) is 1.34. The molecule has 0 atom stereocenters. The number of nitrogens with one attached hydrogen (secondary N) is 2. The number of anilines is 2. The second kappa shape index (κ2) is 6.33. The first kappa shape index (κ1) is 13.5. The summed E-state index contributed by atoms with van der Waals surface area (Å²) in [6, 6.07) is 11.7. The van der Waals surface area contributed by atoms with E-state index >= 15 is 0 Å². The quantitative estimate of drug-likeness (QED) is 0.840. The number of benzene rings is 1. The van der Waals surface area contributed by atoms with Crippen molar-refractivity contribution < 1.29 is 14.3 Å². The SMILES string of the molecule is COC(=O)c1ccc(NC(=O)Nc2ccccc2)nc1. The standard InChI is InChI=1S/C14H13N3O3/c1-20-13(18)10-7-8-12(15-9-10)17-14(19)16-11-5-3-2-4-6-11/h2-9H,1H3,(H2,15,16,17,19). The number of carbonyl (C=O) groups excluding carboxylic acids is 2. The van der Waals surface area contributed by atoms with Gasteiger partial charge < -0.3 is 10.1 Å². The van der Waals surface area contributed by atoms with E-state index in [2.05, 4.69) is 20.4 Å². The monoisotopic (exact) mass is 271 g/mol. The summed E-state index contributed by atoms with van der Waals surface area (Å²) in [7, 11) is 1.29. The first-order valence-corrected chi connectivity index (χ1v) is 5.86. The van der Waals surface area contributed by atoms with Gasteiger partial charge in [0.2, 0.25) is 0 Å². The van der Waals surface area contributed by atoms with E-state index < -0.39 is 12.0 Å². The zero-order chi connectivity index (χ0) is 14.4. The van der Waals surface area contributed by atoms with E-state index in [0.717, 1.165) is 0 Å². The highest BCUT2D eigenvalue weighted by Gasteiger charge is 2.07. The van der Waals surface area contributed by atoms with Crippen molar-refractivity contribution in [3.8, 4) is 0 Å². The Bertz CT molecular complexity index is 597. The smallest absolute Gasteiger partial charge is 0.339 e. The number of esters is 1. The van der Waals surface area contributed by atoms with E-state index in [0.29, 0.717) is 17.1 Å². The molecule has 0 aliphatic rings. The van der Waals surface area contributed by atoms with Gasteiger partial charge in [0, 0.05) is 11.9 Å². The first-order valence-electron chi connectivity index (χ1n) is 5.86. The Hall–Kier alpha value is -2.89. The zero-order valence-corrected chi connectivity index (χ0v) is 10.8. The Balaban J connectivity index is 1.96. The summed E-state index contributed by atoms with van der Waals surface area (Å²) in [5.74, 6) is -0.135. The van der Waals surface area contributed by atoms with Crippen molar-refractivity contribution in [2.45, 2.75) is 0 Å². The van der Waals surface area contributed by atoms with E-state index in [1.165, 1.54) is 25.4 Å². The Labute approximate surface area is 115 Å². The van der Waals surface area contributed by atoms with Crippen molar-refractivity contribution in [1.29, 1.82) is 0 Å². The normalized spacial score (nSPS) is 9.65. The first-order chi connectivity index (χ1) is 9.69. The second-order valence-corrected chi connectivity index (χ2v) is 3.87. The van der Waals surface area contributed by atoms with Crippen LogP contribution in [0.1, 0.15) is 10.4 Å². The Morgan fingerprint density at radius 1 is 1.05 bits per heavy atom. The Kier molecular flexibility index (Phi) is 4.28. The molecule has 1 heterocycles. The van der Waals surface area contributed by atoms with Crippen molar-refractivity contribution in [2.75, 3.05) is 17.7 Å². The highest BCUT2D eigenvalue weighted by molar-refractivity contribution is 5.99. The minimum atomic E-state index is -0.474. The molecule has 0 saturated heterocycles. The highest BCUT2D eigenvalue weighted by Crippen LogP contribution is 2.08. The Morgan fingerprint density at radius 3 is 2.40 bits per heavy atom. The molecule has 102 valence electrons. The van der Waals surface area contributed by atoms with Crippen LogP contribution in [-0.4, -0.2) is 24.1 Å². The zero-order valence-electron chi connectivity index (χ0n) is 10.8. The maximum atomic E-state index is 11.7. The molecule has 1 aromatic carbocycles. The lowest BCUT2D eigenvalue weighted by Gasteiger charge is -2.07. The molecule has 0 aliphatic carbocycles. The number of rotatable bonds is 3. The third kappa shape index (κ3) is 3.55. The molecule has 0 aliphatic heterocycles. The van der Waals surface area contributed by atoms with Crippen molar-refractivity contribution >= 4 is 23.5 Å². The van der Waals surface area contributed by atoms with Crippen molar-refractivity contribution in [1.82, 2.24) is 4.98 Å². The number of ether oxygens (including phenoxy) is 1. The topological polar surface area (TPSA) is 80.3 Å². The molecule has 20 heavy (non-hydrogen) atoms. The maximum Gasteiger partial charge on any atom is 0.339 e. The summed E-state index contributed by atoms with van der Waals surface area (Å²) in [4.78, 5) is 26.9. The summed E-state index contributed by atoms with van der Waals surface area (Å²) in [5.41, 5.74) is 0.998. The van der Waals surface area contributed by atoms with Gasteiger partial charge in [0.15, 0.2) is 0 Å². The fraction of sp³-hybridized carbons (Fsp3) is 0.0714. The van der Waals surface area contributed by atoms with Crippen LogP contribution in [0, 0.1) is 0 Å². The summed E-state index contributed by atoms with van der Waals surface area (Å²) in [6.45, 7) is 0. The third-order valence-corrected chi connectivity index (χ3v) is 2.46. The summed E-state index contributed by atoms with van der Waals surface area (Å²) >= 11 is 0. The molecule has 2 amide bonds. The van der Waals surface area contributed by atoms with Crippen LogP contribution < -0.4 is 10.6 Å². The minimum Gasteiger partial charge on any atom is -0.465 e. The van der Waals surface area contributed by atoms with Crippen LogP contribution in [0.15, 0.2) is 48.7 Å². The van der Waals surface area contributed by atoms with Crippen LogP contribution >= 0.6 is 0 Å². The fourth-order valence-corrected chi connectivity index (χ4v) is 1.51. The van der Waals surface area contributed by atoms with Crippen molar-refractivity contribution in [3.63, 3.8) is 0 Å². The largest absolute Gasteiger partial charge is 0.465 e. The van der Waals surface area contributed by atoms with E-state index in [4.69, 9.17) is 0 Å². The molecule has 0 unspecified atom stereocenters. The number of pyridine rings is 1. The molecular weight excluding hydrogens is 258 g/mol. The van der Waals surface area contributed by atoms with Gasteiger partial charge in [-0.05, 0) is 24.3 Å². The number of methoxy groups -OCH3 is 1. The van der Waals surface area contributed by atoms with E-state index in [1.807, 2.05) is 18.2 Å². The second-order valence-electron chi connectivity index (χ2n) is 3.87. The Morgan fingerprint density at radius 2 is 1.80 bits per heavy atom. The molecule has 0 radical (unpaired) electrons. The molecule has 2 N–H and O–H groups in total. The van der Waals surface area contributed by atoms with Gasteiger partial charge in [-0.25, -0.2) is 14.6 Å². The maximum absolute atomic E-state index is 11.7. The summed E-state index contributed by atoms with van der Waals surface area (Å²) in [5, 5.41) is 5.22. The lowest BCUT2D eigenvalue weighted by atomic mass is 10.3.